The molecule has 3 aromatic heterocycles. The third-order valence-corrected chi connectivity index (χ3v) is 7.73. The maximum Gasteiger partial charge on any atom is 0.181 e. The van der Waals surface area contributed by atoms with Crippen LogP contribution in [0.5, 0.6) is 17.2 Å². The second-order valence-electron chi connectivity index (χ2n) is 7.79. The Morgan fingerprint density at radius 3 is 1.97 bits per heavy atom. The van der Waals surface area contributed by atoms with Crippen molar-refractivity contribution in [2.24, 2.45) is 0 Å². The zero-order valence-electron chi connectivity index (χ0n) is 20.0. The first-order valence-corrected chi connectivity index (χ1v) is 13.7. The molecule has 0 aliphatic rings. The third-order valence-electron chi connectivity index (χ3n) is 5.43. The van der Waals surface area contributed by atoms with E-state index in [1.54, 1.807) is 41.9 Å². The predicted molar refractivity (Wildman–Crippen MR) is 155 cm³/mol. The van der Waals surface area contributed by atoms with Crippen LogP contribution in [-0.2, 0) is 4.74 Å². The Labute approximate surface area is 227 Å². The van der Waals surface area contributed by atoms with Crippen molar-refractivity contribution in [1.82, 2.24) is 8.75 Å². The topological polar surface area (TPSA) is 53.5 Å². The number of aromatic nitrogens is 2. The van der Waals surface area contributed by atoms with Crippen molar-refractivity contribution in [3.8, 4) is 38.1 Å². The molecule has 37 heavy (non-hydrogen) atoms. The molecular weight excluding hydrogens is 521 g/mol. The standard InChI is InChI=1S/C29H22N2O3S3/c1-18(20(3)32-4)14-15-19(2)33-28-24(22-12-8-16-35-22)26-27(31-37-30-26)25(23-13-9-17-36-23)29(28)34-21-10-6-5-7-11-21/h5-17H,1-3H2,4H3/b15-14-. The quantitative estimate of drug-likeness (QED) is 0.130. The Hall–Kier alpha value is -3.98. The molecule has 0 fully saturated rings. The highest BCUT2D eigenvalue weighted by Gasteiger charge is 2.28. The fourth-order valence-electron chi connectivity index (χ4n) is 3.64. The smallest absolute Gasteiger partial charge is 0.181 e. The van der Waals surface area contributed by atoms with Crippen LogP contribution in [0.25, 0.3) is 31.9 Å². The number of fused-ring (bicyclic) bond motifs is 1. The van der Waals surface area contributed by atoms with Gasteiger partial charge in [0.25, 0.3) is 0 Å². The van der Waals surface area contributed by atoms with E-state index < -0.39 is 0 Å². The summed E-state index contributed by atoms with van der Waals surface area (Å²) in [5, 5.41) is 4.04. The molecular formula is C29H22N2O3S3. The van der Waals surface area contributed by atoms with Crippen molar-refractivity contribution in [3.05, 3.63) is 114 Å². The van der Waals surface area contributed by atoms with E-state index in [0.717, 1.165) is 43.6 Å². The summed E-state index contributed by atoms with van der Waals surface area (Å²) < 4.78 is 27.6. The summed E-state index contributed by atoms with van der Waals surface area (Å²) in [6.45, 7) is 11.9. The maximum absolute atomic E-state index is 6.57. The highest BCUT2D eigenvalue weighted by molar-refractivity contribution is 7.14. The van der Waals surface area contributed by atoms with Crippen molar-refractivity contribution >= 4 is 45.4 Å². The molecule has 0 unspecified atom stereocenters. The van der Waals surface area contributed by atoms with Gasteiger partial charge in [-0.2, -0.15) is 8.75 Å². The second kappa shape index (κ2) is 11.0. The first-order chi connectivity index (χ1) is 18.1. The van der Waals surface area contributed by atoms with Gasteiger partial charge in [-0.25, -0.2) is 0 Å². The molecule has 0 saturated carbocycles. The minimum absolute atomic E-state index is 0.389. The molecule has 5 rings (SSSR count). The summed E-state index contributed by atoms with van der Waals surface area (Å²) in [4.78, 5) is 1.98. The summed E-state index contributed by atoms with van der Waals surface area (Å²) in [5.74, 6) is 2.59. The fraction of sp³-hybridized carbons (Fsp3) is 0.0345. The molecule has 8 heteroatoms. The lowest BCUT2D eigenvalue weighted by molar-refractivity contribution is 0.305. The lowest BCUT2D eigenvalue weighted by Gasteiger charge is -2.19. The largest absolute Gasteiger partial charge is 0.497 e. The lowest BCUT2D eigenvalue weighted by atomic mass is 10.0. The average Bonchev–Trinajstić information content (AvgIpc) is 3.71. The Bertz CT molecular complexity index is 1600. The first kappa shape index (κ1) is 24.7. The maximum atomic E-state index is 6.57. The number of methoxy groups -OCH3 is 1. The molecule has 0 aliphatic heterocycles. The number of thiophene rings is 2. The lowest BCUT2D eigenvalue weighted by Crippen LogP contribution is -2.00. The van der Waals surface area contributed by atoms with Gasteiger partial charge in [0, 0.05) is 15.3 Å². The second-order valence-corrected chi connectivity index (χ2v) is 10.2. The number of allylic oxidation sites excluding steroid dienone is 2. The molecule has 0 spiro atoms. The highest BCUT2D eigenvalue weighted by atomic mass is 32.1. The molecule has 0 aliphatic carbocycles. The minimum Gasteiger partial charge on any atom is -0.497 e. The van der Waals surface area contributed by atoms with Crippen molar-refractivity contribution in [3.63, 3.8) is 0 Å². The van der Waals surface area contributed by atoms with Gasteiger partial charge in [-0.1, -0.05) is 50.1 Å². The Kier molecular flexibility index (Phi) is 7.32. The normalized spacial score (nSPS) is 11.1. The van der Waals surface area contributed by atoms with E-state index in [1.165, 1.54) is 0 Å². The molecule has 0 radical (unpaired) electrons. The van der Waals surface area contributed by atoms with Gasteiger partial charge in [-0.3, -0.25) is 0 Å². The summed E-state index contributed by atoms with van der Waals surface area (Å²) in [6, 6.07) is 17.7. The molecule has 184 valence electrons. The van der Waals surface area contributed by atoms with Crippen LogP contribution in [0.1, 0.15) is 0 Å². The highest BCUT2D eigenvalue weighted by Crippen LogP contribution is 2.53. The van der Waals surface area contributed by atoms with Gasteiger partial charge in [0.1, 0.15) is 28.3 Å². The molecule has 0 N–H and O–H groups in total. The summed E-state index contributed by atoms with van der Waals surface area (Å²) in [6.07, 6.45) is 3.48. The average molecular weight is 543 g/mol. The van der Waals surface area contributed by atoms with Crippen LogP contribution in [0.4, 0.5) is 0 Å². The zero-order valence-corrected chi connectivity index (χ0v) is 22.4. The number of hydrogen-bond donors (Lipinski definition) is 0. The zero-order chi connectivity index (χ0) is 25.8. The van der Waals surface area contributed by atoms with E-state index in [2.05, 4.69) is 24.1 Å². The summed E-state index contributed by atoms with van der Waals surface area (Å²) in [5.41, 5.74) is 3.76. The predicted octanol–water partition coefficient (Wildman–Crippen LogP) is 9.11. The van der Waals surface area contributed by atoms with Crippen molar-refractivity contribution in [2.75, 3.05) is 7.11 Å². The number of nitrogens with zero attached hydrogens (tertiary/aromatic N) is 2. The molecule has 5 aromatic rings. The number of benzene rings is 2. The molecule has 5 nitrogen and oxygen atoms in total. The van der Waals surface area contributed by atoms with Crippen molar-refractivity contribution in [1.29, 1.82) is 0 Å². The monoisotopic (exact) mass is 542 g/mol. The molecule has 0 amide bonds. The van der Waals surface area contributed by atoms with E-state index in [1.807, 2.05) is 65.4 Å². The van der Waals surface area contributed by atoms with Gasteiger partial charge < -0.3 is 14.2 Å². The number of rotatable bonds is 10. The van der Waals surface area contributed by atoms with Gasteiger partial charge in [-0.15, -0.1) is 22.7 Å². The van der Waals surface area contributed by atoms with E-state index in [-0.39, 0.29) is 0 Å². The Morgan fingerprint density at radius 2 is 1.41 bits per heavy atom. The minimum atomic E-state index is 0.389. The SMILES string of the molecule is C=C(/C=C\C(=C)C(=C)OC)Oc1c(Oc2ccccc2)c(-c2cccs2)c2nsnc2c1-c1cccs1. The molecule has 2 aromatic carbocycles. The van der Waals surface area contributed by atoms with Crippen LogP contribution in [0.3, 0.4) is 0 Å². The molecule has 3 heterocycles. The molecule has 0 bridgehead atoms. The number of hydrogen-bond acceptors (Lipinski definition) is 8. The van der Waals surface area contributed by atoms with Crippen LogP contribution in [0.15, 0.2) is 114 Å². The van der Waals surface area contributed by atoms with Crippen LogP contribution < -0.4 is 9.47 Å². The summed E-state index contributed by atoms with van der Waals surface area (Å²) in [7, 11) is 1.55. The molecule has 0 saturated heterocycles. The van der Waals surface area contributed by atoms with Gasteiger partial charge in [0.2, 0.25) is 0 Å². The van der Waals surface area contributed by atoms with Gasteiger partial charge >= 0.3 is 0 Å². The van der Waals surface area contributed by atoms with Gasteiger partial charge in [0.05, 0.1) is 30.0 Å². The van der Waals surface area contributed by atoms with Crippen LogP contribution in [0.2, 0.25) is 0 Å². The van der Waals surface area contributed by atoms with Crippen LogP contribution >= 0.6 is 34.4 Å². The van der Waals surface area contributed by atoms with Crippen molar-refractivity contribution < 1.29 is 14.2 Å². The number of ether oxygens (including phenoxy) is 3. The van der Waals surface area contributed by atoms with E-state index >= 15 is 0 Å². The van der Waals surface area contributed by atoms with E-state index in [0.29, 0.717) is 34.3 Å². The van der Waals surface area contributed by atoms with E-state index in [9.17, 15) is 0 Å². The van der Waals surface area contributed by atoms with Crippen LogP contribution in [-0.4, -0.2) is 15.9 Å². The third kappa shape index (κ3) is 5.13. The molecule has 0 atom stereocenters. The van der Waals surface area contributed by atoms with Gasteiger partial charge in [0.15, 0.2) is 11.5 Å². The van der Waals surface area contributed by atoms with Crippen molar-refractivity contribution in [2.45, 2.75) is 0 Å². The summed E-state index contributed by atoms with van der Waals surface area (Å²) >= 11 is 4.36. The number of para-hydroxylation sites is 1. The first-order valence-electron chi connectivity index (χ1n) is 11.2. The van der Waals surface area contributed by atoms with Gasteiger partial charge in [-0.05, 0) is 47.2 Å². The van der Waals surface area contributed by atoms with Crippen LogP contribution in [0, 0.1) is 0 Å². The Balaban J connectivity index is 1.74. The fourth-order valence-corrected chi connectivity index (χ4v) is 5.74. The Morgan fingerprint density at radius 1 is 0.784 bits per heavy atom. The van der Waals surface area contributed by atoms with E-state index in [4.69, 9.17) is 18.6 Å².